The van der Waals surface area contributed by atoms with Crippen LogP contribution in [0.2, 0.25) is 0 Å². The van der Waals surface area contributed by atoms with Crippen molar-refractivity contribution in [3.8, 4) is 6.07 Å². The summed E-state index contributed by atoms with van der Waals surface area (Å²) < 4.78 is 31.3. The van der Waals surface area contributed by atoms with Gasteiger partial charge in [-0.05, 0) is 59.1 Å². The normalized spacial score (nSPS) is 27.0. The number of aromatic nitrogens is 3. The molecule has 39 heavy (non-hydrogen) atoms. The van der Waals surface area contributed by atoms with E-state index in [0.717, 1.165) is 11.2 Å². The van der Waals surface area contributed by atoms with E-state index in [1.807, 2.05) is 13.0 Å². The molecule has 2 fully saturated rings. The first-order chi connectivity index (χ1) is 18.0. The number of fused-ring (bicyclic) bond motifs is 2. The molecule has 1 N–H and O–H groups in total. The van der Waals surface area contributed by atoms with Crippen LogP contribution in [0.3, 0.4) is 0 Å². The molecule has 0 spiro atoms. The highest BCUT2D eigenvalue weighted by Crippen LogP contribution is 2.49. The molecule has 2 aliphatic rings. The van der Waals surface area contributed by atoms with Gasteiger partial charge in [0.25, 0.3) is 0 Å². The second-order valence-electron chi connectivity index (χ2n) is 12.5. The molecule has 2 saturated heterocycles. The molecule has 4 rings (SSSR count). The number of hydrogen-bond acceptors (Lipinski definition) is 10. The summed E-state index contributed by atoms with van der Waals surface area (Å²) in [7, 11) is 0. The maximum absolute atomic E-state index is 13.2. The lowest BCUT2D eigenvalue weighted by molar-refractivity contribution is -0.207. The number of alkyl carbamates (subject to hydrolysis) is 1. The topological polar surface area (TPSA) is 146 Å². The van der Waals surface area contributed by atoms with Crippen LogP contribution >= 0.6 is 0 Å². The molecule has 0 aliphatic carbocycles. The fraction of sp³-hybridized carbons (Fsp3) is 0.667. The molecule has 0 aromatic carbocycles. The molecular formula is C27H37N5O7. The minimum absolute atomic E-state index is 0.233. The van der Waals surface area contributed by atoms with E-state index in [4.69, 9.17) is 23.7 Å². The van der Waals surface area contributed by atoms with Crippen molar-refractivity contribution in [2.24, 2.45) is 5.41 Å². The van der Waals surface area contributed by atoms with E-state index >= 15 is 0 Å². The predicted molar refractivity (Wildman–Crippen MR) is 137 cm³/mol. The average Bonchev–Trinajstić information content (AvgIpc) is 3.45. The molecule has 0 saturated carbocycles. The number of nitrogens with zero attached hydrogens (tertiary/aromatic N) is 4. The molecule has 1 amide bonds. The minimum Gasteiger partial charge on any atom is -0.461 e. The van der Waals surface area contributed by atoms with E-state index in [1.165, 1.54) is 6.33 Å². The van der Waals surface area contributed by atoms with Gasteiger partial charge in [-0.2, -0.15) is 10.4 Å². The third-order valence-corrected chi connectivity index (χ3v) is 6.58. The maximum atomic E-state index is 13.2. The van der Waals surface area contributed by atoms with Crippen molar-refractivity contribution in [3.05, 3.63) is 29.8 Å². The summed E-state index contributed by atoms with van der Waals surface area (Å²) >= 11 is 0. The van der Waals surface area contributed by atoms with Gasteiger partial charge in [-0.3, -0.25) is 0 Å². The molecule has 2 aliphatic heterocycles. The van der Waals surface area contributed by atoms with Crippen LogP contribution in [0.5, 0.6) is 0 Å². The lowest BCUT2D eigenvalue weighted by Gasteiger charge is -2.31. The van der Waals surface area contributed by atoms with Crippen molar-refractivity contribution in [1.29, 1.82) is 5.26 Å². The summed E-state index contributed by atoms with van der Waals surface area (Å²) in [4.78, 5) is 29.9. The van der Waals surface area contributed by atoms with Crippen LogP contribution in [0.1, 0.15) is 66.8 Å². The van der Waals surface area contributed by atoms with Gasteiger partial charge in [0.1, 0.15) is 49.0 Å². The van der Waals surface area contributed by atoms with Gasteiger partial charge in [-0.1, -0.05) is 20.8 Å². The molecule has 12 heteroatoms. The number of carbonyl (C=O) groups is 2. The molecule has 2 aromatic rings. The van der Waals surface area contributed by atoms with Gasteiger partial charge in [-0.25, -0.2) is 19.1 Å². The van der Waals surface area contributed by atoms with E-state index in [0.29, 0.717) is 5.69 Å². The molecule has 4 heterocycles. The summed E-state index contributed by atoms with van der Waals surface area (Å²) in [5.41, 5.74) is -1.10. The maximum Gasteiger partial charge on any atom is 0.408 e. The number of amides is 1. The minimum atomic E-state index is -1.60. The number of nitrogens with one attached hydrogen (secondary N) is 1. The van der Waals surface area contributed by atoms with Crippen LogP contribution in [-0.4, -0.2) is 69.0 Å². The Morgan fingerprint density at radius 3 is 2.49 bits per heavy atom. The Hall–Kier alpha value is -3.27. The molecule has 5 atom stereocenters. The lowest BCUT2D eigenvalue weighted by atomic mass is 9.87. The van der Waals surface area contributed by atoms with Gasteiger partial charge in [0, 0.05) is 0 Å². The van der Waals surface area contributed by atoms with Crippen molar-refractivity contribution in [1.82, 2.24) is 19.9 Å². The van der Waals surface area contributed by atoms with Crippen LogP contribution < -0.4 is 5.32 Å². The van der Waals surface area contributed by atoms with Crippen molar-refractivity contribution in [3.63, 3.8) is 0 Å². The summed E-state index contributed by atoms with van der Waals surface area (Å²) in [5.74, 6) is -1.68. The van der Waals surface area contributed by atoms with Crippen LogP contribution in [-0.2, 0) is 34.1 Å². The zero-order chi connectivity index (χ0) is 29.0. The predicted octanol–water partition coefficient (Wildman–Crippen LogP) is 3.16. The van der Waals surface area contributed by atoms with E-state index in [1.54, 1.807) is 66.0 Å². The monoisotopic (exact) mass is 543 g/mol. The first-order valence-electron chi connectivity index (χ1n) is 12.9. The lowest BCUT2D eigenvalue weighted by Crippen LogP contribution is -2.51. The van der Waals surface area contributed by atoms with Crippen LogP contribution in [0.25, 0.3) is 5.52 Å². The molecule has 0 bridgehead atoms. The molecule has 212 valence electrons. The Labute approximate surface area is 227 Å². The quantitative estimate of drug-likeness (QED) is 0.558. The van der Waals surface area contributed by atoms with Gasteiger partial charge < -0.3 is 29.0 Å². The SMILES string of the molecule is Cc1ncnn2c([C@]3(C#N)O[C@H](COC(=O)[C@@H](NC(=O)OC(C)(C)C)C(C)(C)C)[C@H]4OC(C)(C)O[C@H]43)ccc12. The summed E-state index contributed by atoms with van der Waals surface area (Å²) in [6.07, 6.45) is -1.70. The highest BCUT2D eigenvalue weighted by molar-refractivity contribution is 5.82. The second-order valence-corrected chi connectivity index (χ2v) is 12.5. The Bertz CT molecular complexity index is 1300. The van der Waals surface area contributed by atoms with Gasteiger partial charge in [0.15, 0.2) is 5.79 Å². The molecular weight excluding hydrogens is 506 g/mol. The zero-order valence-electron chi connectivity index (χ0n) is 23.9. The van der Waals surface area contributed by atoms with E-state index < -0.39 is 58.8 Å². The van der Waals surface area contributed by atoms with E-state index in [-0.39, 0.29) is 6.61 Å². The largest absolute Gasteiger partial charge is 0.461 e. The Balaban J connectivity index is 1.59. The van der Waals surface area contributed by atoms with Crippen molar-refractivity contribution >= 4 is 17.6 Å². The average molecular weight is 544 g/mol. The van der Waals surface area contributed by atoms with Crippen LogP contribution in [0, 0.1) is 23.7 Å². The number of nitriles is 1. The van der Waals surface area contributed by atoms with Crippen molar-refractivity contribution < 1.29 is 33.3 Å². The Kier molecular flexibility index (Phi) is 7.17. The number of ether oxygens (including phenoxy) is 5. The Morgan fingerprint density at radius 2 is 1.87 bits per heavy atom. The third-order valence-electron chi connectivity index (χ3n) is 6.58. The van der Waals surface area contributed by atoms with E-state index in [2.05, 4.69) is 21.5 Å². The van der Waals surface area contributed by atoms with Gasteiger partial charge in [0.2, 0.25) is 5.60 Å². The third kappa shape index (κ3) is 5.57. The molecule has 2 aromatic heterocycles. The van der Waals surface area contributed by atoms with Crippen LogP contribution in [0.4, 0.5) is 4.79 Å². The summed E-state index contributed by atoms with van der Waals surface area (Å²) in [5, 5.41) is 17.4. The van der Waals surface area contributed by atoms with Gasteiger partial charge in [-0.15, -0.1) is 0 Å². The summed E-state index contributed by atoms with van der Waals surface area (Å²) in [6, 6.07) is 4.85. The fourth-order valence-electron chi connectivity index (χ4n) is 4.87. The molecule has 12 nitrogen and oxygen atoms in total. The number of aryl methyl sites for hydroxylation is 1. The van der Waals surface area contributed by atoms with Gasteiger partial charge in [0.05, 0.1) is 16.9 Å². The summed E-state index contributed by atoms with van der Waals surface area (Å²) in [6.45, 7) is 15.7. The Morgan fingerprint density at radius 1 is 1.18 bits per heavy atom. The van der Waals surface area contributed by atoms with E-state index in [9.17, 15) is 14.9 Å². The van der Waals surface area contributed by atoms with Crippen LogP contribution in [0.15, 0.2) is 18.5 Å². The number of hydrogen-bond donors (Lipinski definition) is 1. The highest BCUT2D eigenvalue weighted by atomic mass is 16.8. The molecule has 0 radical (unpaired) electrons. The number of esters is 1. The fourth-order valence-corrected chi connectivity index (χ4v) is 4.87. The first kappa shape index (κ1) is 28.7. The smallest absolute Gasteiger partial charge is 0.408 e. The standard InChI is InChI=1S/C27H37N5O7/c1-15-16-10-11-18(32(16)30-14-29-15)27(13-28)21-19(37-26(8,9)38-21)17(36-27)12-35-22(33)20(24(2,3)4)31-23(34)39-25(5,6)7/h10-11,14,17,19-21H,12H2,1-9H3,(H,31,34)/t17-,19-,20-,21-,27+/m1/s1. The second kappa shape index (κ2) is 9.73. The number of rotatable bonds is 5. The van der Waals surface area contributed by atoms with Crippen molar-refractivity contribution in [2.75, 3.05) is 6.61 Å². The number of carbonyl (C=O) groups excluding carboxylic acids is 2. The molecule has 0 unspecified atom stereocenters. The van der Waals surface area contributed by atoms with Gasteiger partial charge >= 0.3 is 12.1 Å². The first-order valence-corrected chi connectivity index (χ1v) is 12.9. The highest BCUT2D eigenvalue weighted by Gasteiger charge is 2.65. The zero-order valence-corrected chi connectivity index (χ0v) is 23.9. The van der Waals surface area contributed by atoms with Crippen molar-refractivity contribution in [2.45, 2.75) is 104 Å².